The lowest BCUT2D eigenvalue weighted by Gasteiger charge is -2.16. The van der Waals surface area contributed by atoms with Crippen molar-refractivity contribution >= 4 is 39.3 Å². The second-order valence-electron chi connectivity index (χ2n) is 7.10. The van der Waals surface area contributed by atoms with Gasteiger partial charge in [-0.3, -0.25) is 9.59 Å². The van der Waals surface area contributed by atoms with Gasteiger partial charge in [0.15, 0.2) is 0 Å². The summed E-state index contributed by atoms with van der Waals surface area (Å²) in [6.45, 7) is 1.92. The Kier molecular flexibility index (Phi) is 6.42. The molecule has 0 radical (unpaired) electrons. The largest absolute Gasteiger partial charge is 0.398 e. The molecule has 3 rings (SSSR count). The molecule has 0 saturated heterocycles. The fourth-order valence-electron chi connectivity index (χ4n) is 3.22. The molecule has 0 heterocycles. The van der Waals surface area contributed by atoms with E-state index in [1.807, 2.05) is 19.1 Å². The van der Waals surface area contributed by atoms with Crippen molar-refractivity contribution < 1.29 is 18.0 Å². The van der Waals surface area contributed by atoms with E-state index in [1.54, 1.807) is 42.5 Å². The Morgan fingerprint density at radius 2 is 1.62 bits per heavy atom. The van der Waals surface area contributed by atoms with Gasteiger partial charge >= 0.3 is 0 Å². The normalized spacial score (nSPS) is 11.4. The standard InChI is InChI=1S/C23H22N4O4S/c1-14-7-10-17(11-8-14)27-19(28)12-9-16-13-18(15-5-3-2-4-6-15)21(24)20(23(25)29)22(16)32(26,30)31/h2-13H,24H2,1H3,(H2,25,29)(H,27,28)(H2,26,30,31). The highest BCUT2D eigenvalue weighted by molar-refractivity contribution is 7.89. The molecule has 7 N–H and O–H groups in total. The molecular formula is C23H22N4O4S. The van der Waals surface area contributed by atoms with Crippen molar-refractivity contribution in [2.75, 3.05) is 11.1 Å². The van der Waals surface area contributed by atoms with Crippen LogP contribution in [0.15, 0.2) is 71.6 Å². The minimum atomic E-state index is -4.41. The summed E-state index contributed by atoms with van der Waals surface area (Å²) in [6, 6.07) is 17.4. The molecule has 0 aliphatic rings. The predicted molar refractivity (Wildman–Crippen MR) is 125 cm³/mol. The van der Waals surface area contributed by atoms with Crippen LogP contribution in [0.4, 0.5) is 11.4 Å². The SMILES string of the molecule is Cc1ccc(NC(=O)C=Cc2cc(-c3ccccc3)c(N)c(C(N)=O)c2S(N)(=O)=O)cc1. The molecule has 0 saturated carbocycles. The van der Waals surface area contributed by atoms with Crippen molar-refractivity contribution in [2.45, 2.75) is 11.8 Å². The van der Waals surface area contributed by atoms with Crippen LogP contribution in [-0.4, -0.2) is 20.2 Å². The molecule has 0 unspecified atom stereocenters. The Morgan fingerprint density at radius 3 is 2.19 bits per heavy atom. The highest BCUT2D eigenvalue weighted by atomic mass is 32.2. The molecule has 0 aromatic heterocycles. The van der Waals surface area contributed by atoms with Gasteiger partial charge in [0.1, 0.15) is 4.90 Å². The van der Waals surface area contributed by atoms with Gasteiger partial charge in [-0.05, 0) is 42.3 Å². The molecule has 0 aliphatic carbocycles. The first-order valence-electron chi connectivity index (χ1n) is 9.48. The van der Waals surface area contributed by atoms with Crippen LogP contribution in [0.25, 0.3) is 17.2 Å². The first-order valence-corrected chi connectivity index (χ1v) is 11.0. The third kappa shape index (κ3) is 5.02. The molecule has 0 fully saturated rings. The monoisotopic (exact) mass is 450 g/mol. The molecule has 0 bridgehead atoms. The number of nitrogens with two attached hydrogens (primary N) is 3. The number of amides is 2. The highest BCUT2D eigenvalue weighted by Crippen LogP contribution is 2.35. The fraction of sp³-hybridized carbons (Fsp3) is 0.0435. The molecule has 3 aromatic carbocycles. The number of rotatable bonds is 6. The van der Waals surface area contributed by atoms with Crippen molar-refractivity contribution in [3.8, 4) is 11.1 Å². The minimum Gasteiger partial charge on any atom is -0.398 e. The molecule has 3 aromatic rings. The van der Waals surface area contributed by atoms with Gasteiger partial charge in [-0.2, -0.15) is 0 Å². The van der Waals surface area contributed by atoms with Crippen molar-refractivity contribution in [1.82, 2.24) is 0 Å². The molecule has 9 heteroatoms. The van der Waals surface area contributed by atoms with E-state index < -0.39 is 32.3 Å². The summed E-state index contributed by atoms with van der Waals surface area (Å²) in [7, 11) is -4.41. The van der Waals surface area contributed by atoms with Gasteiger partial charge in [0.2, 0.25) is 15.9 Å². The smallest absolute Gasteiger partial charge is 0.252 e. The van der Waals surface area contributed by atoms with Gasteiger partial charge in [-0.15, -0.1) is 0 Å². The van der Waals surface area contributed by atoms with E-state index in [1.165, 1.54) is 12.1 Å². The molecule has 8 nitrogen and oxygen atoms in total. The zero-order chi connectivity index (χ0) is 23.5. The van der Waals surface area contributed by atoms with Crippen molar-refractivity contribution in [1.29, 1.82) is 0 Å². The van der Waals surface area contributed by atoms with Crippen molar-refractivity contribution in [2.24, 2.45) is 10.9 Å². The van der Waals surface area contributed by atoms with Gasteiger partial charge in [0.25, 0.3) is 5.91 Å². The number of hydrogen-bond donors (Lipinski definition) is 4. The summed E-state index contributed by atoms with van der Waals surface area (Å²) in [5.74, 6) is -1.56. The summed E-state index contributed by atoms with van der Waals surface area (Å²) in [4.78, 5) is 24.0. The number of sulfonamides is 1. The lowest BCUT2D eigenvalue weighted by molar-refractivity contribution is -0.111. The Morgan fingerprint density at radius 1 is 1.00 bits per heavy atom. The predicted octanol–water partition coefficient (Wildman–Crippen LogP) is 2.64. The third-order valence-corrected chi connectivity index (χ3v) is 5.71. The topological polar surface area (TPSA) is 158 Å². The number of carbonyl (C=O) groups is 2. The first-order chi connectivity index (χ1) is 15.1. The van der Waals surface area contributed by atoms with Crippen molar-refractivity contribution in [3.63, 3.8) is 0 Å². The summed E-state index contributed by atoms with van der Waals surface area (Å²) in [6.07, 6.45) is 2.39. The van der Waals surface area contributed by atoms with E-state index in [0.717, 1.165) is 11.6 Å². The Hall–Kier alpha value is -3.95. The van der Waals surface area contributed by atoms with E-state index in [9.17, 15) is 18.0 Å². The Labute approximate surface area is 185 Å². The van der Waals surface area contributed by atoms with Gasteiger partial charge in [-0.1, -0.05) is 48.0 Å². The molecule has 32 heavy (non-hydrogen) atoms. The van der Waals surface area contributed by atoms with Crippen LogP contribution in [0, 0.1) is 6.92 Å². The molecule has 2 amide bonds. The lowest BCUT2D eigenvalue weighted by atomic mass is 9.96. The zero-order valence-electron chi connectivity index (χ0n) is 17.2. The Bertz CT molecular complexity index is 1320. The average Bonchev–Trinajstić information content (AvgIpc) is 2.73. The number of primary amides is 1. The van der Waals surface area contributed by atoms with Gasteiger partial charge in [-0.25, -0.2) is 13.6 Å². The highest BCUT2D eigenvalue weighted by Gasteiger charge is 2.26. The maximum atomic E-state index is 12.4. The van der Waals surface area contributed by atoms with Crippen LogP contribution in [0.3, 0.4) is 0 Å². The van der Waals surface area contributed by atoms with Gasteiger partial charge in [0, 0.05) is 17.3 Å². The van der Waals surface area contributed by atoms with Crippen molar-refractivity contribution in [3.05, 3.63) is 83.4 Å². The van der Waals surface area contributed by atoms with E-state index in [4.69, 9.17) is 16.6 Å². The number of anilines is 2. The number of hydrogen-bond acceptors (Lipinski definition) is 5. The summed E-state index contributed by atoms with van der Waals surface area (Å²) >= 11 is 0. The molecule has 0 spiro atoms. The van der Waals surface area contributed by atoms with Gasteiger partial charge in [0.05, 0.1) is 11.3 Å². The Balaban J connectivity index is 2.13. The molecule has 0 atom stereocenters. The fourth-order valence-corrected chi connectivity index (χ4v) is 4.17. The van der Waals surface area contributed by atoms with Crippen LogP contribution in [0.5, 0.6) is 0 Å². The summed E-state index contributed by atoms with van der Waals surface area (Å²) in [5, 5.41) is 8.04. The third-order valence-electron chi connectivity index (χ3n) is 4.70. The van der Waals surface area contributed by atoms with E-state index in [0.29, 0.717) is 16.8 Å². The maximum absolute atomic E-state index is 12.4. The molecule has 164 valence electrons. The van der Waals surface area contributed by atoms with Crippen LogP contribution in [0.2, 0.25) is 0 Å². The number of aryl methyl sites for hydroxylation is 1. The first kappa shape index (κ1) is 22.7. The van der Waals surface area contributed by atoms with Crippen LogP contribution in [-0.2, 0) is 14.8 Å². The van der Waals surface area contributed by atoms with Gasteiger partial charge < -0.3 is 16.8 Å². The number of benzene rings is 3. The minimum absolute atomic E-state index is 0.00779. The van der Waals surface area contributed by atoms with Crippen LogP contribution in [0.1, 0.15) is 21.5 Å². The maximum Gasteiger partial charge on any atom is 0.252 e. The number of primary sulfonamides is 1. The van der Waals surface area contributed by atoms with E-state index in [-0.39, 0.29) is 11.3 Å². The number of nitrogen functional groups attached to an aromatic ring is 1. The summed E-state index contributed by atoms with van der Waals surface area (Å²) in [5.41, 5.74) is 13.7. The molecular weight excluding hydrogens is 428 g/mol. The number of carbonyl (C=O) groups excluding carboxylic acids is 2. The quantitative estimate of drug-likeness (QED) is 0.335. The van der Waals surface area contributed by atoms with E-state index in [2.05, 4.69) is 5.32 Å². The number of nitrogens with one attached hydrogen (secondary N) is 1. The summed E-state index contributed by atoms with van der Waals surface area (Å²) < 4.78 is 24.7. The second-order valence-corrected chi connectivity index (χ2v) is 8.59. The zero-order valence-corrected chi connectivity index (χ0v) is 18.0. The average molecular weight is 451 g/mol. The van der Waals surface area contributed by atoms with Crippen LogP contribution < -0.4 is 21.9 Å². The second kappa shape index (κ2) is 9.04. The lowest BCUT2D eigenvalue weighted by Crippen LogP contribution is -2.24. The van der Waals surface area contributed by atoms with Crippen LogP contribution >= 0.6 is 0 Å². The molecule has 0 aliphatic heterocycles. The van der Waals surface area contributed by atoms with E-state index >= 15 is 0 Å².